The number of aromatic nitrogens is 6. The first-order chi connectivity index (χ1) is 50.3. The fraction of sp³-hybridized carbons (Fsp3) is 0.161. The SMILES string of the molecule is CO.CO.Cc1cc(-c2[c-]ccc3c2oc2ccccc23)ncc1CC(C)C.Cc1cc(-c2cccc3c2oc2ccccc23)ncc1CC(C)C.Cc1cccc(-c2[c-]c(-c3cccc(-c4[c-]cccc4)n3)ccc2)n1.Cc1cccc(-c2[c-]cccc2)n1.Cc1cccc(-c2[c-]cccc2)n1.[Ir+3].[Ir+3]. The normalized spacial score (nSPS) is 10.4. The molecule has 10 nitrogen and oxygen atoms in total. The second-order valence-electron chi connectivity index (χ2n) is 25.4. The van der Waals surface area contributed by atoms with Crippen LogP contribution in [0.1, 0.15) is 67.0 Å². The Morgan fingerprint density at radius 3 is 1.14 bits per heavy atom. The van der Waals surface area contributed by atoms with E-state index in [0.29, 0.717) is 11.8 Å². The van der Waals surface area contributed by atoms with Gasteiger partial charge in [0.05, 0.1) is 11.3 Å². The van der Waals surface area contributed by atoms with E-state index < -0.39 is 0 Å². The molecule has 0 amide bonds. The van der Waals surface area contributed by atoms with Crippen LogP contribution < -0.4 is 0 Å². The zero-order valence-corrected chi connectivity index (χ0v) is 65.8. The third-order valence-electron chi connectivity index (χ3n) is 16.7. The van der Waals surface area contributed by atoms with Crippen molar-refractivity contribution >= 4 is 43.9 Å². The number of aryl methyl sites for hydroxylation is 5. The summed E-state index contributed by atoms with van der Waals surface area (Å²) in [4.78, 5) is 27.6. The summed E-state index contributed by atoms with van der Waals surface area (Å²) >= 11 is 0. The number of aliphatic hydroxyl groups is 2. The van der Waals surface area contributed by atoms with E-state index in [1.807, 2.05) is 239 Å². The molecule has 0 saturated heterocycles. The van der Waals surface area contributed by atoms with E-state index >= 15 is 0 Å². The molecule has 0 saturated carbocycles. The van der Waals surface area contributed by atoms with Crippen LogP contribution in [-0.4, -0.2) is 54.3 Å². The van der Waals surface area contributed by atoms with E-state index in [1.165, 1.54) is 22.3 Å². The third kappa shape index (κ3) is 21.3. The predicted octanol–water partition coefficient (Wildman–Crippen LogP) is 22.4. The van der Waals surface area contributed by atoms with Crippen molar-refractivity contribution in [1.29, 1.82) is 0 Å². The summed E-state index contributed by atoms with van der Waals surface area (Å²) < 4.78 is 12.2. The number of nitrogens with zero attached hydrogens (tertiary/aromatic N) is 6. The van der Waals surface area contributed by atoms with Crippen LogP contribution in [0.5, 0.6) is 0 Å². The number of aliphatic hydroxyl groups excluding tert-OH is 2. The number of pyridine rings is 6. The topological polar surface area (TPSA) is 144 Å². The average molecular weight is 1740 g/mol. The summed E-state index contributed by atoms with van der Waals surface area (Å²) in [7, 11) is 2.00. The maximum Gasteiger partial charge on any atom is 3.00 e. The molecular weight excluding hydrogens is 1650 g/mol. The first-order valence-corrected chi connectivity index (χ1v) is 34.5. The molecule has 0 spiro atoms. The van der Waals surface area contributed by atoms with Crippen LogP contribution in [-0.2, 0) is 53.1 Å². The van der Waals surface area contributed by atoms with Gasteiger partial charge in [-0.15, -0.1) is 150 Å². The molecule has 0 fully saturated rings. The molecule has 12 heteroatoms. The minimum atomic E-state index is 0. The zero-order chi connectivity index (χ0) is 72.6. The van der Waals surface area contributed by atoms with Crippen LogP contribution in [0.3, 0.4) is 0 Å². The Morgan fingerprint density at radius 2 is 0.695 bits per heavy atom. The maximum absolute atomic E-state index is 7.00. The fourth-order valence-corrected chi connectivity index (χ4v) is 11.8. The second-order valence-corrected chi connectivity index (χ2v) is 25.4. The molecule has 0 radical (unpaired) electrons. The number of fused-ring (bicyclic) bond motifs is 6. The molecular formula is C93H85Ir2N6O4+. The van der Waals surface area contributed by atoms with E-state index in [0.717, 1.165) is 167 Å². The van der Waals surface area contributed by atoms with E-state index in [2.05, 4.69) is 135 Å². The first-order valence-electron chi connectivity index (χ1n) is 34.5. The van der Waals surface area contributed by atoms with Gasteiger partial charge in [0.2, 0.25) is 0 Å². The van der Waals surface area contributed by atoms with Gasteiger partial charge in [-0.05, 0) is 147 Å². The Morgan fingerprint density at radius 1 is 0.333 bits per heavy atom. The van der Waals surface area contributed by atoms with Gasteiger partial charge in [0, 0.05) is 71.1 Å². The standard InChI is InChI=1S/C23H16N2.C22H21NO.C22H20NO.2C12H10N.2CH4O.2Ir/c1-17-8-5-13-22(24-17)19-11-6-12-20(16-19)23-15-7-14-21(25-23)18-9-3-2-4-10-18;2*1-14(2)11-16-13-23-20(12-15(16)3)19-9-6-8-18-17-7-4-5-10-21(17)24-22(18)19;2*1-10-6-5-9-12(13-10)11-7-3-2-4-8-11;2*1-2;;/h2-9,11-15H,1H3;4-10,12-14H,11H2,1-3H3;4-8,10,12-14H,11H2,1-3H3;2*2-7,9H,1H3;2*2H,1H3;;/q-2;;3*-1;;;2*+3. The number of benzene rings is 8. The van der Waals surface area contributed by atoms with Crippen molar-refractivity contribution in [3.05, 3.63) is 337 Å². The van der Waals surface area contributed by atoms with Gasteiger partial charge in [-0.1, -0.05) is 165 Å². The monoisotopic (exact) mass is 1740 g/mol. The Balaban J connectivity index is 0.000000167. The van der Waals surface area contributed by atoms with Gasteiger partial charge in [-0.25, -0.2) is 0 Å². The molecule has 0 atom stereocenters. The van der Waals surface area contributed by atoms with Crippen molar-refractivity contribution in [2.45, 2.75) is 75.2 Å². The summed E-state index contributed by atoms with van der Waals surface area (Å²) in [5, 5.41) is 18.6. The summed E-state index contributed by atoms with van der Waals surface area (Å²) in [6, 6.07) is 101. The molecule has 0 aliphatic heterocycles. The van der Waals surface area contributed by atoms with Gasteiger partial charge in [0.1, 0.15) is 16.7 Å². The van der Waals surface area contributed by atoms with E-state index in [4.69, 9.17) is 34.0 Å². The van der Waals surface area contributed by atoms with Gasteiger partial charge in [-0.3, -0.25) is 9.97 Å². The van der Waals surface area contributed by atoms with Crippen molar-refractivity contribution in [2.75, 3.05) is 14.2 Å². The molecule has 8 aromatic carbocycles. The van der Waals surface area contributed by atoms with Crippen molar-refractivity contribution in [3.8, 4) is 78.8 Å². The Labute approximate surface area is 645 Å². The minimum Gasteiger partial charge on any atom is -0.501 e. The summed E-state index contributed by atoms with van der Waals surface area (Å²) in [5.41, 5.74) is 25.5. The first kappa shape index (κ1) is 80.2. The molecule has 2 N–H and O–H groups in total. The van der Waals surface area contributed by atoms with Gasteiger partial charge >= 0.3 is 40.2 Å². The zero-order valence-electron chi connectivity index (χ0n) is 61.0. The van der Waals surface area contributed by atoms with Crippen LogP contribution in [0.2, 0.25) is 0 Å². The Bertz CT molecular complexity index is 5120. The quantitative estimate of drug-likeness (QED) is 0.120. The molecule has 0 aliphatic rings. The molecule has 8 heterocycles. The molecule has 16 aromatic rings. The number of furan rings is 2. The van der Waals surface area contributed by atoms with Crippen LogP contribution in [0.4, 0.5) is 0 Å². The molecule has 0 bridgehead atoms. The van der Waals surface area contributed by atoms with Crippen LogP contribution in [0.25, 0.3) is 123 Å². The van der Waals surface area contributed by atoms with Crippen molar-refractivity contribution in [3.63, 3.8) is 0 Å². The number of hydrogen-bond donors (Lipinski definition) is 2. The van der Waals surface area contributed by atoms with Gasteiger partial charge in [-0.2, -0.15) is 0 Å². The number of para-hydroxylation sites is 3. The Hall–Kier alpha value is -10.5. The predicted molar refractivity (Wildman–Crippen MR) is 423 cm³/mol. The summed E-state index contributed by atoms with van der Waals surface area (Å²) in [6.07, 6.45) is 6.14. The maximum atomic E-state index is 7.00. The molecule has 8 aromatic heterocycles. The molecule has 0 aliphatic carbocycles. The molecule has 16 rings (SSSR count). The van der Waals surface area contributed by atoms with E-state index in [-0.39, 0.29) is 40.2 Å². The number of hydrogen-bond acceptors (Lipinski definition) is 10. The van der Waals surface area contributed by atoms with E-state index in [9.17, 15) is 0 Å². The molecule has 528 valence electrons. The van der Waals surface area contributed by atoms with E-state index in [1.54, 1.807) is 0 Å². The molecule has 105 heavy (non-hydrogen) atoms. The molecule has 0 unspecified atom stereocenters. The largest absolute Gasteiger partial charge is 3.00 e. The smallest absolute Gasteiger partial charge is 0.501 e. The van der Waals surface area contributed by atoms with Gasteiger partial charge in [0.15, 0.2) is 0 Å². The van der Waals surface area contributed by atoms with Gasteiger partial charge in [0.25, 0.3) is 0 Å². The van der Waals surface area contributed by atoms with Crippen LogP contribution in [0.15, 0.2) is 276 Å². The van der Waals surface area contributed by atoms with Crippen molar-refractivity contribution in [2.24, 2.45) is 11.8 Å². The second kappa shape index (κ2) is 39.9. The average Bonchev–Trinajstić information content (AvgIpc) is 1.63. The van der Waals surface area contributed by atoms with Crippen LogP contribution in [0, 0.1) is 76.8 Å². The van der Waals surface area contributed by atoms with Gasteiger partial charge < -0.3 is 39.0 Å². The van der Waals surface area contributed by atoms with Crippen molar-refractivity contribution < 1.29 is 59.3 Å². The Kier molecular flexibility index (Phi) is 30.5. The van der Waals surface area contributed by atoms with Crippen molar-refractivity contribution in [1.82, 2.24) is 29.9 Å². The fourth-order valence-electron chi connectivity index (χ4n) is 11.8. The third-order valence-corrected chi connectivity index (χ3v) is 16.7. The van der Waals surface area contributed by atoms with Crippen LogP contribution >= 0.6 is 0 Å². The summed E-state index contributed by atoms with van der Waals surface area (Å²) in [5.74, 6) is 1.26. The summed E-state index contributed by atoms with van der Waals surface area (Å²) in [6.45, 7) is 19.2. The minimum absolute atomic E-state index is 0. The number of rotatable bonds is 11.